The molecule has 3 N–H and O–H groups in total. The average Bonchev–Trinajstić information content (AvgIpc) is 2.80. The van der Waals surface area contributed by atoms with Crippen molar-refractivity contribution < 1.29 is 27.8 Å². The third-order valence-corrected chi connectivity index (χ3v) is 5.66. The number of halogens is 2. The maximum Gasteiger partial charge on any atom is 0.323 e. The molecule has 0 unspecified atom stereocenters. The summed E-state index contributed by atoms with van der Waals surface area (Å²) in [6.45, 7) is 5.41. The first-order chi connectivity index (χ1) is 16.2. The van der Waals surface area contributed by atoms with Crippen molar-refractivity contribution in [3.63, 3.8) is 0 Å². The molecule has 3 rings (SSSR count). The Morgan fingerprint density at radius 1 is 1.18 bits per heavy atom. The van der Waals surface area contributed by atoms with Crippen molar-refractivity contribution in [1.29, 1.82) is 0 Å². The van der Waals surface area contributed by atoms with Crippen LogP contribution in [0.4, 0.5) is 25.0 Å². The van der Waals surface area contributed by atoms with Gasteiger partial charge < -0.3 is 30.3 Å². The number of nitrogens with zero attached hydrogens (tertiary/aromatic N) is 1. The lowest BCUT2D eigenvalue weighted by atomic mass is 10.0. The van der Waals surface area contributed by atoms with Crippen LogP contribution in [0.15, 0.2) is 36.4 Å². The summed E-state index contributed by atoms with van der Waals surface area (Å²) < 4.78 is 38.7. The molecule has 0 aliphatic carbocycles. The zero-order valence-corrected chi connectivity index (χ0v) is 19.7. The Morgan fingerprint density at radius 3 is 2.68 bits per heavy atom. The highest BCUT2D eigenvalue weighted by atomic mass is 19.1. The zero-order chi connectivity index (χ0) is 24.8. The number of likely N-dealkylation sites (N-methyl/N-ethyl adjacent to an activating group) is 1. The van der Waals surface area contributed by atoms with Crippen LogP contribution in [0.1, 0.15) is 24.2 Å². The van der Waals surface area contributed by atoms with Gasteiger partial charge in [0.1, 0.15) is 24.0 Å². The van der Waals surface area contributed by atoms with E-state index in [9.17, 15) is 18.4 Å². The molecular formula is C24H30F2N4O4. The number of nitrogens with one attached hydrogen (secondary N) is 3. The fourth-order valence-corrected chi connectivity index (χ4v) is 3.61. The Balaban J connectivity index is 1.82. The minimum absolute atomic E-state index is 0.00377. The summed E-state index contributed by atoms with van der Waals surface area (Å²) in [6.07, 6.45) is -0.148. The minimum atomic E-state index is -0.770. The summed E-state index contributed by atoms with van der Waals surface area (Å²) in [5.41, 5.74) is 0.359. The lowest BCUT2D eigenvalue weighted by Gasteiger charge is -2.30. The van der Waals surface area contributed by atoms with Crippen molar-refractivity contribution in [2.24, 2.45) is 5.92 Å². The number of hydrogen-bond acceptors (Lipinski definition) is 5. The Bertz CT molecular complexity index is 1040. The highest BCUT2D eigenvalue weighted by Crippen LogP contribution is 2.26. The van der Waals surface area contributed by atoms with Crippen molar-refractivity contribution >= 4 is 23.3 Å². The molecule has 0 radical (unpaired) electrons. The van der Waals surface area contributed by atoms with Gasteiger partial charge in [0.2, 0.25) is 0 Å². The van der Waals surface area contributed by atoms with E-state index < -0.39 is 17.7 Å². The van der Waals surface area contributed by atoms with Gasteiger partial charge in [-0.1, -0.05) is 6.92 Å². The van der Waals surface area contributed by atoms with Crippen LogP contribution in [0, 0.1) is 17.6 Å². The summed E-state index contributed by atoms with van der Waals surface area (Å²) in [4.78, 5) is 27.1. The van der Waals surface area contributed by atoms with Gasteiger partial charge in [0.25, 0.3) is 5.91 Å². The van der Waals surface area contributed by atoms with E-state index in [1.807, 2.05) is 6.92 Å². The molecule has 0 saturated carbocycles. The third kappa shape index (κ3) is 6.42. The topological polar surface area (TPSA) is 91.9 Å². The molecule has 0 spiro atoms. The van der Waals surface area contributed by atoms with E-state index in [1.54, 1.807) is 31.2 Å². The molecule has 1 heterocycles. The molecule has 10 heteroatoms. The molecule has 2 aromatic rings. The molecule has 0 bridgehead atoms. The van der Waals surface area contributed by atoms with Gasteiger partial charge in [0.05, 0.1) is 17.4 Å². The molecule has 184 valence electrons. The lowest BCUT2D eigenvalue weighted by Crippen LogP contribution is -2.44. The van der Waals surface area contributed by atoms with Crippen molar-refractivity contribution in [1.82, 2.24) is 10.2 Å². The number of amides is 3. The first kappa shape index (κ1) is 25.4. The molecule has 1 aliphatic rings. The summed E-state index contributed by atoms with van der Waals surface area (Å²) in [5, 5.41) is 8.22. The van der Waals surface area contributed by atoms with Crippen molar-refractivity contribution in [2.75, 3.05) is 44.5 Å². The van der Waals surface area contributed by atoms with Crippen LogP contribution in [0.3, 0.4) is 0 Å². The first-order valence-electron chi connectivity index (χ1n) is 11.0. The predicted molar refractivity (Wildman–Crippen MR) is 125 cm³/mol. The number of ether oxygens (including phenoxy) is 2. The minimum Gasteiger partial charge on any atom is -0.491 e. The second-order valence-corrected chi connectivity index (χ2v) is 8.47. The van der Waals surface area contributed by atoms with Crippen LogP contribution >= 0.6 is 0 Å². The monoisotopic (exact) mass is 476 g/mol. The molecule has 0 saturated heterocycles. The van der Waals surface area contributed by atoms with E-state index in [0.29, 0.717) is 36.7 Å². The molecular weight excluding hydrogens is 446 g/mol. The Kier molecular flexibility index (Phi) is 8.41. The van der Waals surface area contributed by atoms with Gasteiger partial charge >= 0.3 is 6.03 Å². The fraction of sp³-hybridized carbons (Fsp3) is 0.417. The van der Waals surface area contributed by atoms with E-state index in [4.69, 9.17) is 9.47 Å². The molecule has 2 aromatic carbocycles. The van der Waals surface area contributed by atoms with Crippen LogP contribution in [0.25, 0.3) is 0 Å². The van der Waals surface area contributed by atoms with Crippen LogP contribution in [0.5, 0.6) is 5.75 Å². The maximum absolute atomic E-state index is 13.8. The smallest absolute Gasteiger partial charge is 0.323 e. The molecule has 3 amide bonds. The number of urea groups is 1. The van der Waals surface area contributed by atoms with Crippen molar-refractivity contribution in [3.05, 3.63) is 53.6 Å². The van der Waals surface area contributed by atoms with Gasteiger partial charge in [-0.15, -0.1) is 0 Å². The summed E-state index contributed by atoms with van der Waals surface area (Å²) >= 11 is 0. The van der Waals surface area contributed by atoms with E-state index in [2.05, 4.69) is 22.9 Å². The van der Waals surface area contributed by atoms with Gasteiger partial charge in [-0.05, 0) is 37.1 Å². The van der Waals surface area contributed by atoms with E-state index in [0.717, 1.165) is 18.2 Å². The largest absolute Gasteiger partial charge is 0.491 e. The second-order valence-electron chi connectivity index (χ2n) is 8.47. The lowest BCUT2D eigenvalue weighted by molar-refractivity contribution is 0.0281. The SMILES string of the molecule is CO[C@@H]1CN(C)C(=O)c2ccc(NC(=O)Nc3cc(F)ccc3F)cc2OC[C@H](C)NC[C@@H]1C. The maximum atomic E-state index is 13.8. The predicted octanol–water partition coefficient (Wildman–Crippen LogP) is 3.70. The van der Waals surface area contributed by atoms with Gasteiger partial charge in [-0.3, -0.25) is 4.79 Å². The molecule has 1 aliphatic heterocycles. The van der Waals surface area contributed by atoms with E-state index in [-0.39, 0.29) is 29.7 Å². The van der Waals surface area contributed by atoms with Gasteiger partial charge in [0.15, 0.2) is 0 Å². The molecule has 0 aromatic heterocycles. The number of methoxy groups -OCH3 is 1. The van der Waals surface area contributed by atoms with Crippen molar-refractivity contribution in [3.8, 4) is 5.75 Å². The molecule has 34 heavy (non-hydrogen) atoms. The van der Waals surface area contributed by atoms with Gasteiger partial charge in [-0.25, -0.2) is 13.6 Å². The summed E-state index contributed by atoms with van der Waals surface area (Å²) in [5.74, 6) is -1.22. The van der Waals surface area contributed by atoms with Crippen LogP contribution in [0.2, 0.25) is 0 Å². The Hall–Kier alpha value is -3.24. The number of hydrogen-bond donors (Lipinski definition) is 3. The molecule has 3 atom stereocenters. The van der Waals surface area contributed by atoms with Gasteiger partial charge in [0, 0.05) is 51.1 Å². The first-order valence-corrected chi connectivity index (χ1v) is 11.0. The average molecular weight is 477 g/mol. The number of fused-ring (bicyclic) bond motifs is 1. The second kappa shape index (κ2) is 11.3. The van der Waals surface area contributed by atoms with Crippen LogP contribution in [-0.4, -0.2) is 62.8 Å². The standard InChI is InChI=1S/C24H30F2N4O4/c1-14-11-27-15(2)13-34-21-10-17(6-7-18(21)23(31)30(3)12-22(14)33-4)28-24(32)29-20-9-16(25)5-8-19(20)26/h5-10,14-15,22,27H,11-13H2,1-4H3,(H2,28,29,32)/t14-,15-,22+/m0/s1. The normalized spacial score (nSPS) is 21.5. The number of carbonyl (C=O) groups is 2. The van der Waals surface area contributed by atoms with E-state index in [1.165, 1.54) is 6.07 Å². The molecule has 0 fully saturated rings. The van der Waals surface area contributed by atoms with Gasteiger partial charge in [-0.2, -0.15) is 0 Å². The summed E-state index contributed by atoms with van der Waals surface area (Å²) in [6, 6.07) is 6.61. The highest BCUT2D eigenvalue weighted by Gasteiger charge is 2.25. The highest BCUT2D eigenvalue weighted by molar-refractivity contribution is 6.01. The number of rotatable bonds is 3. The van der Waals surface area contributed by atoms with E-state index >= 15 is 0 Å². The Labute approximate surface area is 197 Å². The molecule has 8 nitrogen and oxygen atoms in total. The van der Waals surface area contributed by atoms with Crippen molar-refractivity contribution in [2.45, 2.75) is 26.0 Å². The van der Waals surface area contributed by atoms with Crippen LogP contribution < -0.4 is 20.7 Å². The summed E-state index contributed by atoms with van der Waals surface area (Å²) in [7, 11) is 3.32. The Morgan fingerprint density at radius 2 is 1.94 bits per heavy atom. The number of anilines is 2. The number of benzene rings is 2. The zero-order valence-electron chi connectivity index (χ0n) is 19.7. The van der Waals surface area contributed by atoms with Crippen LogP contribution in [-0.2, 0) is 4.74 Å². The third-order valence-electron chi connectivity index (χ3n) is 5.66. The quantitative estimate of drug-likeness (QED) is 0.628. The number of carbonyl (C=O) groups excluding carboxylic acids is 2. The fourth-order valence-electron chi connectivity index (χ4n) is 3.61.